The van der Waals surface area contributed by atoms with Gasteiger partial charge in [-0.2, -0.15) is 18.3 Å². The monoisotopic (exact) mass is 380 g/mol. The fourth-order valence-corrected chi connectivity index (χ4v) is 3.29. The molecule has 1 amide bonds. The van der Waals surface area contributed by atoms with Crippen molar-refractivity contribution in [1.82, 2.24) is 19.6 Å². The van der Waals surface area contributed by atoms with Gasteiger partial charge in [0.25, 0.3) is 0 Å². The molecule has 1 aliphatic heterocycles. The Morgan fingerprint density at radius 3 is 2.52 bits per heavy atom. The summed E-state index contributed by atoms with van der Waals surface area (Å²) in [4.78, 5) is 16.7. The molecule has 1 unspecified atom stereocenters. The first-order valence-corrected chi connectivity index (χ1v) is 9.01. The Hall–Kier alpha value is -2.35. The highest BCUT2D eigenvalue weighted by Crippen LogP contribution is 2.29. The molecule has 1 fully saturated rings. The summed E-state index contributed by atoms with van der Waals surface area (Å²) in [5, 5.41) is 4.13. The molecular formula is C19H23F3N4O. The van der Waals surface area contributed by atoms with Crippen LogP contribution in [0.4, 0.5) is 13.2 Å². The second kappa shape index (κ2) is 8.12. The van der Waals surface area contributed by atoms with Gasteiger partial charge in [0.1, 0.15) is 6.04 Å². The van der Waals surface area contributed by atoms with Gasteiger partial charge in [-0.1, -0.05) is 12.1 Å². The highest BCUT2D eigenvalue weighted by Gasteiger charge is 2.30. The van der Waals surface area contributed by atoms with E-state index in [0.717, 1.165) is 30.7 Å². The summed E-state index contributed by atoms with van der Waals surface area (Å²) in [6, 6.07) is 6.73. The van der Waals surface area contributed by atoms with Gasteiger partial charge in [0.05, 0.1) is 5.56 Å². The number of amides is 1. The van der Waals surface area contributed by atoms with Crippen molar-refractivity contribution >= 4 is 5.91 Å². The maximum Gasteiger partial charge on any atom is 0.416 e. The standard InChI is InChI=1S/C19H23F3N4O/c1-15(26-11-2-8-23-26)18(27)25-10-3-9-24(12-13-25)14-16-4-6-17(7-5-16)19(20,21)22/h2,4-8,11,15H,3,9-10,12-14H2,1H3. The number of carbonyl (C=O) groups excluding carboxylic acids is 1. The third-order valence-corrected chi connectivity index (χ3v) is 4.87. The van der Waals surface area contributed by atoms with Crippen molar-refractivity contribution in [2.24, 2.45) is 0 Å². The minimum atomic E-state index is -4.31. The molecule has 1 atom stereocenters. The van der Waals surface area contributed by atoms with E-state index in [1.807, 2.05) is 11.8 Å². The van der Waals surface area contributed by atoms with Crippen molar-refractivity contribution in [2.75, 3.05) is 26.2 Å². The average molecular weight is 380 g/mol. The van der Waals surface area contributed by atoms with Crippen LogP contribution in [0, 0.1) is 0 Å². The van der Waals surface area contributed by atoms with Crippen LogP contribution >= 0.6 is 0 Å². The van der Waals surface area contributed by atoms with Crippen molar-refractivity contribution in [3.63, 3.8) is 0 Å². The summed E-state index contributed by atoms with van der Waals surface area (Å²) in [5.41, 5.74) is 0.208. The molecule has 2 aromatic rings. The van der Waals surface area contributed by atoms with Crippen LogP contribution in [0.5, 0.6) is 0 Å². The zero-order valence-corrected chi connectivity index (χ0v) is 15.2. The molecule has 146 valence electrons. The SMILES string of the molecule is CC(C(=O)N1CCCN(Cc2ccc(C(F)(F)F)cc2)CC1)n1cccn1. The van der Waals surface area contributed by atoms with Crippen LogP contribution in [-0.4, -0.2) is 51.7 Å². The summed E-state index contributed by atoms with van der Waals surface area (Å²) < 4.78 is 39.6. The normalized spacial score (nSPS) is 17.6. The van der Waals surface area contributed by atoms with Gasteiger partial charge in [-0.25, -0.2) is 0 Å². The van der Waals surface area contributed by atoms with Crippen molar-refractivity contribution in [1.29, 1.82) is 0 Å². The molecular weight excluding hydrogens is 357 g/mol. The number of hydrogen-bond donors (Lipinski definition) is 0. The zero-order chi connectivity index (χ0) is 19.4. The van der Waals surface area contributed by atoms with Crippen molar-refractivity contribution in [3.8, 4) is 0 Å². The van der Waals surface area contributed by atoms with Gasteiger partial charge < -0.3 is 4.90 Å². The minimum absolute atomic E-state index is 0.0371. The van der Waals surface area contributed by atoms with Crippen LogP contribution in [-0.2, 0) is 17.5 Å². The number of carbonyl (C=O) groups is 1. The lowest BCUT2D eigenvalue weighted by Crippen LogP contribution is -2.39. The molecule has 1 aromatic carbocycles. The highest BCUT2D eigenvalue weighted by molar-refractivity contribution is 5.80. The van der Waals surface area contributed by atoms with E-state index in [2.05, 4.69) is 10.00 Å². The Balaban J connectivity index is 1.56. The van der Waals surface area contributed by atoms with Crippen LogP contribution in [0.1, 0.15) is 30.5 Å². The van der Waals surface area contributed by atoms with Crippen LogP contribution in [0.2, 0.25) is 0 Å². The molecule has 5 nitrogen and oxygen atoms in total. The van der Waals surface area contributed by atoms with Gasteiger partial charge in [0, 0.05) is 45.1 Å². The molecule has 27 heavy (non-hydrogen) atoms. The summed E-state index contributed by atoms with van der Waals surface area (Å²) in [6.07, 6.45) is -0.0548. The molecule has 0 N–H and O–H groups in total. The number of aromatic nitrogens is 2. The molecule has 1 aliphatic rings. The smallest absolute Gasteiger partial charge is 0.340 e. The van der Waals surface area contributed by atoms with E-state index in [-0.39, 0.29) is 11.9 Å². The number of alkyl halides is 3. The maximum atomic E-state index is 12.7. The molecule has 3 rings (SSSR count). The van der Waals surface area contributed by atoms with E-state index in [1.165, 1.54) is 12.1 Å². The molecule has 0 aliphatic carbocycles. The van der Waals surface area contributed by atoms with Gasteiger partial charge in [-0.05, 0) is 37.1 Å². The van der Waals surface area contributed by atoms with Gasteiger partial charge in [-0.15, -0.1) is 0 Å². The topological polar surface area (TPSA) is 41.4 Å². The number of hydrogen-bond acceptors (Lipinski definition) is 3. The lowest BCUT2D eigenvalue weighted by atomic mass is 10.1. The number of nitrogens with zero attached hydrogens (tertiary/aromatic N) is 4. The Kier molecular flexibility index (Phi) is 5.84. The first-order chi connectivity index (χ1) is 12.8. The number of halogens is 3. The third-order valence-electron chi connectivity index (χ3n) is 4.87. The molecule has 8 heteroatoms. The fraction of sp³-hybridized carbons (Fsp3) is 0.474. The van der Waals surface area contributed by atoms with Crippen molar-refractivity contribution in [3.05, 3.63) is 53.9 Å². The van der Waals surface area contributed by atoms with Crippen molar-refractivity contribution in [2.45, 2.75) is 32.1 Å². The number of benzene rings is 1. The van der Waals surface area contributed by atoms with Crippen molar-refractivity contribution < 1.29 is 18.0 Å². The predicted octanol–water partition coefficient (Wildman–Crippen LogP) is 3.20. The lowest BCUT2D eigenvalue weighted by molar-refractivity contribution is -0.137. The first kappa shape index (κ1) is 19.4. The maximum absolute atomic E-state index is 12.7. The van der Waals surface area contributed by atoms with Crippen LogP contribution in [0.3, 0.4) is 0 Å². The van der Waals surface area contributed by atoms with E-state index < -0.39 is 11.7 Å². The van der Waals surface area contributed by atoms with Crippen LogP contribution in [0.25, 0.3) is 0 Å². The van der Waals surface area contributed by atoms with Gasteiger partial charge in [0.2, 0.25) is 5.91 Å². The lowest BCUT2D eigenvalue weighted by Gasteiger charge is -2.25. The van der Waals surface area contributed by atoms with E-state index in [4.69, 9.17) is 0 Å². The summed E-state index contributed by atoms with van der Waals surface area (Å²) in [7, 11) is 0. The highest BCUT2D eigenvalue weighted by atomic mass is 19.4. The van der Waals surface area contributed by atoms with Gasteiger partial charge in [0.15, 0.2) is 0 Å². The molecule has 0 bridgehead atoms. The van der Waals surface area contributed by atoms with E-state index in [1.54, 1.807) is 23.1 Å². The van der Waals surface area contributed by atoms with Gasteiger partial charge >= 0.3 is 6.18 Å². The summed E-state index contributed by atoms with van der Waals surface area (Å²) >= 11 is 0. The summed E-state index contributed by atoms with van der Waals surface area (Å²) in [6.45, 7) is 5.19. The fourth-order valence-electron chi connectivity index (χ4n) is 3.29. The average Bonchev–Trinajstić information content (AvgIpc) is 3.08. The van der Waals surface area contributed by atoms with Gasteiger partial charge in [-0.3, -0.25) is 14.4 Å². The Morgan fingerprint density at radius 2 is 1.89 bits per heavy atom. The molecule has 2 heterocycles. The first-order valence-electron chi connectivity index (χ1n) is 9.01. The van der Waals surface area contributed by atoms with E-state index in [9.17, 15) is 18.0 Å². The quantitative estimate of drug-likeness (QED) is 0.818. The summed E-state index contributed by atoms with van der Waals surface area (Å²) in [5.74, 6) is 0.0371. The minimum Gasteiger partial charge on any atom is -0.340 e. The second-order valence-electron chi connectivity index (χ2n) is 6.81. The van der Waals surface area contributed by atoms with Crippen LogP contribution < -0.4 is 0 Å². The Labute approximate surface area is 156 Å². The predicted molar refractivity (Wildman–Crippen MR) is 94.9 cm³/mol. The molecule has 0 saturated carbocycles. The van der Waals surface area contributed by atoms with Crippen LogP contribution in [0.15, 0.2) is 42.7 Å². The van der Waals surface area contributed by atoms with E-state index in [0.29, 0.717) is 26.2 Å². The number of rotatable bonds is 4. The molecule has 1 aromatic heterocycles. The third kappa shape index (κ3) is 4.88. The second-order valence-corrected chi connectivity index (χ2v) is 6.81. The molecule has 0 spiro atoms. The molecule has 0 radical (unpaired) electrons. The largest absolute Gasteiger partial charge is 0.416 e. The molecule has 1 saturated heterocycles. The van der Waals surface area contributed by atoms with E-state index >= 15 is 0 Å². The Bertz CT molecular complexity index is 743. The Morgan fingerprint density at radius 1 is 1.15 bits per heavy atom. The zero-order valence-electron chi connectivity index (χ0n) is 15.2.